The molecule has 0 amide bonds. The predicted molar refractivity (Wildman–Crippen MR) is 306 cm³/mol. The zero-order valence-electron chi connectivity index (χ0n) is 41.4. The quantitative estimate of drug-likeness (QED) is 0.166. The van der Waals surface area contributed by atoms with Gasteiger partial charge in [-0.2, -0.15) is 0 Å². The van der Waals surface area contributed by atoms with E-state index in [0.29, 0.717) is 0 Å². The van der Waals surface area contributed by atoms with Crippen LogP contribution >= 0.6 is 0 Å². The summed E-state index contributed by atoms with van der Waals surface area (Å²) < 4.78 is 13.6. The lowest BCUT2D eigenvalue weighted by molar-refractivity contribution is 0.596. The van der Waals surface area contributed by atoms with E-state index in [1.807, 2.05) is 12.1 Å². The van der Waals surface area contributed by atoms with Crippen molar-refractivity contribution >= 4 is 88.7 Å². The maximum atomic E-state index is 6.79. The SMILES string of the molecule is C=C1/C=C\C=C/CC2=C(/C=C\1N(c1ccccc1)c1cccc3c1oc1ccccc13)C(C)(C)c1c2ccc2c1C(C)(C)c1cc(N(c3ccccc3)c3cccc4c3oc3ccccc34)c3ccccc3c1-2. The van der Waals surface area contributed by atoms with Gasteiger partial charge in [0.15, 0.2) is 11.2 Å². The molecule has 0 bridgehead atoms. The molecule has 350 valence electrons. The van der Waals surface area contributed by atoms with Crippen molar-refractivity contribution in [3.05, 3.63) is 264 Å². The minimum atomic E-state index is -0.406. The number of fused-ring (bicyclic) bond motifs is 14. The lowest BCUT2D eigenvalue weighted by atomic mass is 9.71. The van der Waals surface area contributed by atoms with Gasteiger partial charge >= 0.3 is 0 Å². The van der Waals surface area contributed by atoms with Gasteiger partial charge in [-0.25, -0.2) is 0 Å². The third kappa shape index (κ3) is 6.33. The zero-order valence-corrected chi connectivity index (χ0v) is 41.4. The number of hydrogen-bond acceptors (Lipinski definition) is 4. The number of allylic oxidation sites excluding steroid dienone is 7. The second-order valence-electron chi connectivity index (χ2n) is 20.8. The lowest BCUT2D eigenvalue weighted by Gasteiger charge is -2.33. The average molecular weight is 941 g/mol. The Labute approximate surface area is 425 Å². The standard InChI is InChI=1S/C69H52N2O2/c1-43-23-9-6-14-28-46-51-39-40-54-63-50-32-16-15-29-47(50)60(71(45-26-12-8-13-27-45)58-36-22-34-53-49-31-18-20-38-62(49)73-67(53)58)42-56(63)69(4,5)65(54)64(51)68(2,3)55(46)41-59(43)70(44-24-10-7-11-25-44)57-35-21-33-52-48-30-17-19-37-61(48)72-66(52)57/h6-27,29-42H,1,28H2,2-5H3/b14-6-,23-9-,59-41+. The predicted octanol–water partition coefficient (Wildman–Crippen LogP) is 19.3. The molecule has 4 nitrogen and oxygen atoms in total. The molecule has 2 aromatic heterocycles. The van der Waals surface area contributed by atoms with Crippen LogP contribution in [0.1, 0.15) is 56.4 Å². The van der Waals surface area contributed by atoms with Gasteiger partial charge in [-0.3, -0.25) is 0 Å². The van der Waals surface area contributed by atoms with Crippen LogP contribution in [0, 0.1) is 0 Å². The Morgan fingerprint density at radius 1 is 0.466 bits per heavy atom. The third-order valence-corrected chi connectivity index (χ3v) is 16.0. The monoisotopic (exact) mass is 940 g/mol. The minimum Gasteiger partial charge on any atom is -0.454 e. The molecule has 73 heavy (non-hydrogen) atoms. The smallest absolute Gasteiger partial charge is 0.159 e. The Kier molecular flexibility index (Phi) is 9.46. The lowest BCUT2D eigenvalue weighted by Crippen LogP contribution is -2.26. The molecule has 0 unspecified atom stereocenters. The molecule has 11 aromatic rings. The van der Waals surface area contributed by atoms with Crippen molar-refractivity contribution in [1.29, 1.82) is 0 Å². The molecule has 9 aromatic carbocycles. The Balaban J connectivity index is 0.975. The van der Waals surface area contributed by atoms with E-state index in [9.17, 15) is 0 Å². The molecule has 3 aliphatic rings. The number of furan rings is 2. The van der Waals surface area contributed by atoms with Gasteiger partial charge in [0, 0.05) is 49.1 Å². The summed E-state index contributed by atoms with van der Waals surface area (Å²) in [4.78, 5) is 4.78. The summed E-state index contributed by atoms with van der Waals surface area (Å²) in [5.74, 6) is 0. The molecule has 0 saturated heterocycles. The van der Waals surface area contributed by atoms with E-state index in [1.54, 1.807) is 0 Å². The fraction of sp³-hybridized carbons (Fsp3) is 0.101. The molecule has 0 atom stereocenters. The summed E-state index contributed by atoms with van der Waals surface area (Å²) in [5, 5.41) is 6.82. The van der Waals surface area contributed by atoms with E-state index in [-0.39, 0.29) is 5.41 Å². The van der Waals surface area contributed by atoms with Crippen molar-refractivity contribution in [3.8, 4) is 11.1 Å². The normalized spacial score (nSPS) is 17.1. The van der Waals surface area contributed by atoms with Gasteiger partial charge in [-0.15, -0.1) is 0 Å². The highest BCUT2D eigenvalue weighted by Gasteiger charge is 2.47. The van der Waals surface area contributed by atoms with Gasteiger partial charge in [-0.1, -0.05) is 192 Å². The first kappa shape index (κ1) is 43.0. The molecule has 14 rings (SSSR count). The van der Waals surface area contributed by atoms with Crippen molar-refractivity contribution in [2.24, 2.45) is 0 Å². The Morgan fingerprint density at radius 3 is 1.63 bits per heavy atom. The first-order valence-electron chi connectivity index (χ1n) is 25.4. The van der Waals surface area contributed by atoms with Crippen molar-refractivity contribution < 1.29 is 8.83 Å². The second-order valence-corrected chi connectivity index (χ2v) is 20.8. The molecule has 0 fully saturated rings. The van der Waals surface area contributed by atoms with E-state index in [1.165, 1.54) is 55.3 Å². The minimum absolute atomic E-state index is 0.380. The molecule has 0 spiro atoms. The summed E-state index contributed by atoms with van der Waals surface area (Å²) >= 11 is 0. The van der Waals surface area contributed by atoms with Crippen molar-refractivity contribution in [2.75, 3.05) is 9.80 Å². The summed E-state index contributed by atoms with van der Waals surface area (Å²) in [6, 6.07) is 67.5. The van der Waals surface area contributed by atoms with Crippen LogP contribution in [0.4, 0.5) is 28.4 Å². The number of anilines is 5. The Bertz CT molecular complexity index is 4250. The van der Waals surface area contributed by atoms with E-state index in [4.69, 9.17) is 15.4 Å². The number of benzene rings is 9. The highest BCUT2D eigenvalue weighted by molar-refractivity contribution is 6.15. The number of para-hydroxylation sites is 6. The van der Waals surface area contributed by atoms with Crippen LogP contribution in [-0.4, -0.2) is 0 Å². The maximum absolute atomic E-state index is 6.79. The first-order valence-corrected chi connectivity index (χ1v) is 25.4. The van der Waals surface area contributed by atoms with E-state index < -0.39 is 5.41 Å². The van der Waals surface area contributed by atoms with Crippen LogP contribution in [0.2, 0.25) is 0 Å². The summed E-state index contributed by atoms with van der Waals surface area (Å²) in [7, 11) is 0. The number of rotatable bonds is 6. The van der Waals surface area contributed by atoms with Crippen LogP contribution in [0.15, 0.2) is 251 Å². The molecular formula is C69H52N2O2. The summed E-state index contributed by atoms with van der Waals surface area (Å²) in [6.07, 6.45) is 12.0. The fourth-order valence-corrected chi connectivity index (χ4v) is 12.7. The number of nitrogens with zero attached hydrogens (tertiary/aromatic N) is 2. The molecule has 0 aliphatic heterocycles. The summed E-state index contributed by atoms with van der Waals surface area (Å²) in [5.41, 5.74) is 20.4. The molecule has 0 N–H and O–H groups in total. The second kappa shape index (κ2) is 16.1. The van der Waals surface area contributed by atoms with Crippen molar-refractivity contribution in [1.82, 2.24) is 0 Å². The fourth-order valence-electron chi connectivity index (χ4n) is 12.7. The largest absolute Gasteiger partial charge is 0.454 e. The highest BCUT2D eigenvalue weighted by Crippen LogP contribution is 2.61. The van der Waals surface area contributed by atoms with E-state index >= 15 is 0 Å². The Hall–Kier alpha value is -8.86. The van der Waals surface area contributed by atoms with Gasteiger partial charge in [-0.05, 0) is 123 Å². The highest BCUT2D eigenvalue weighted by atomic mass is 16.3. The Morgan fingerprint density at radius 2 is 0.986 bits per heavy atom. The molecular weight excluding hydrogens is 889 g/mol. The van der Waals surface area contributed by atoms with Gasteiger partial charge in [0.25, 0.3) is 0 Å². The van der Waals surface area contributed by atoms with E-state index in [2.05, 4.69) is 244 Å². The summed E-state index contributed by atoms with van der Waals surface area (Å²) in [6.45, 7) is 14.6. The number of hydrogen-bond donors (Lipinski definition) is 0. The van der Waals surface area contributed by atoms with Crippen molar-refractivity contribution in [3.63, 3.8) is 0 Å². The van der Waals surface area contributed by atoms with Crippen LogP contribution < -0.4 is 9.80 Å². The van der Waals surface area contributed by atoms with Crippen LogP contribution in [-0.2, 0) is 10.8 Å². The first-order chi connectivity index (χ1) is 35.7. The molecule has 4 heteroatoms. The maximum Gasteiger partial charge on any atom is 0.159 e. The molecule has 0 radical (unpaired) electrons. The average Bonchev–Trinajstić information content (AvgIpc) is 4.12. The zero-order chi connectivity index (χ0) is 49.2. The van der Waals surface area contributed by atoms with Gasteiger partial charge in [0.2, 0.25) is 0 Å². The molecule has 0 saturated carbocycles. The van der Waals surface area contributed by atoms with Crippen LogP contribution in [0.3, 0.4) is 0 Å². The van der Waals surface area contributed by atoms with E-state index in [0.717, 1.165) is 90.0 Å². The topological polar surface area (TPSA) is 32.8 Å². The van der Waals surface area contributed by atoms with Crippen LogP contribution in [0.25, 0.3) is 71.3 Å². The van der Waals surface area contributed by atoms with Crippen molar-refractivity contribution in [2.45, 2.75) is 44.9 Å². The molecule has 2 heterocycles. The van der Waals surface area contributed by atoms with Crippen LogP contribution in [0.5, 0.6) is 0 Å². The van der Waals surface area contributed by atoms with Gasteiger partial charge in [0.05, 0.1) is 22.8 Å². The third-order valence-electron chi connectivity index (χ3n) is 16.0. The van der Waals surface area contributed by atoms with Gasteiger partial charge < -0.3 is 18.6 Å². The molecule has 3 aliphatic carbocycles. The van der Waals surface area contributed by atoms with Gasteiger partial charge in [0.1, 0.15) is 11.2 Å².